The minimum atomic E-state index is -0.0318. The van der Waals surface area contributed by atoms with Gasteiger partial charge in [-0.3, -0.25) is 4.79 Å². The smallest absolute Gasteiger partial charge is 0.258 e. The van der Waals surface area contributed by atoms with Crippen LogP contribution in [0.4, 0.5) is 0 Å². The predicted octanol–water partition coefficient (Wildman–Crippen LogP) is 2.40. The first-order valence-corrected chi connectivity index (χ1v) is 7.48. The summed E-state index contributed by atoms with van der Waals surface area (Å²) in [6.45, 7) is 5.33. The molecule has 0 heterocycles. The second-order valence-corrected chi connectivity index (χ2v) is 5.22. The first-order chi connectivity index (χ1) is 9.72. The summed E-state index contributed by atoms with van der Waals surface area (Å²) in [6.07, 6.45) is 3.25. The monoisotopic (exact) mass is 276 g/mol. The fourth-order valence-corrected chi connectivity index (χ4v) is 2.19. The Morgan fingerprint density at radius 2 is 2.00 bits per heavy atom. The third kappa shape index (κ3) is 4.53. The second kappa shape index (κ2) is 7.29. The van der Waals surface area contributed by atoms with E-state index in [1.807, 2.05) is 12.1 Å². The molecule has 0 aliphatic heterocycles. The highest BCUT2D eigenvalue weighted by molar-refractivity contribution is 5.78. The maximum atomic E-state index is 11.5. The summed E-state index contributed by atoms with van der Waals surface area (Å²) < 4.78 is 5.49. The third-order valence-corrected chi connectivity index (χ3v) is 3.45. The van der Waals surface area contributed by atoms with Gasteiger partial charge < -0.3 is 15.4 Å². The van der Waals surface area contributed by atoms with Gasteiger partial charge in [-0.25, -0.2) is 0 Å². The van der Waals surface area contributed by atoms with Crippen molar-refractivity contribution in [3.63, 3.8) is 0 Å². The molecule has 1 atom stereocenters. The van der Waals surface area contributed by atoms with Crippen LogP contribution in [-0.2, 0) is 4.79 Å². The van der Waals surface area contributed by atoms with Gasteiger partial charge in [0.15, 0.2) is 6.61 Å². The van der Waals surface area contributed by atoms with Crippen molar-refractivity contribution in [1.29, 1.82) is 0 Å². The van der Waals surface area contributed by atoms with Gasteiger partial charge in [-0.05, 0) is 43.5 Å². The van der Waals surface area contributed by atoms with Gasteiger partial charge in [0, 0.05) is 12.1 Å². The maximum absolute atomic E-state index is 11.5. The number of ether oxygens (including phenoxy) is 1. The number of hydrogen-bond acceptors (Lipinski definition) is 3. The van der Waals surface area contributed by atoms with Crippen LogP contribution >= 0.6 is 0 Å². The molecule has 1 fully saturated rings. The van der Waals surface area contributed by atoms with Gasteiger partial charge in [0.05, 0.1) is 0 Å². The SMILES string of the molecule is CCNC(CC)c1ccc(OCC(=O)NC2CC2)cc1. The zero-order valence-corrected chi connectivity index (χ0v) is 12.3. The first-order valence-electron chi connectivity index (χ1n) is 7.48. The van der Waals surface area contributed by atoms with Gasteiger partial charge in [0.1, 0.15) is 5.75 Å². The lowest BCUT2D eigenvalue weighted by Crippen LogP contribution is -2.30. The van der Waals surface area contributed by atoms with Gasteiger partial charge in [0.2, 0.25) is 0 Å². The number of benzene rings is 1. The normalized spacial score (nSPS) is 15.7. The van der Waals surface area contributed by atoms with E-state index in [0.717, 1.165) is 31.6 Å². The second-order valence-electron chi connectivity index (χ2n) is 5.22. The van der Waals surface area contributed by atoms with E-state index < -0.39 is 0 Å². The number of hydrogen-bond donors (Lipinski definition) is 2. The molecule has 2 rings (SSSR count). The van der Waals surface area contributed by atoms with Crippen LogP contribution in [0.1, 0.15) is 44.7 Å². The van der Waals surface area contributed by atoms with Crippen LogP contribution in [-0.4, -0.2) is 25.1 Å². The Morgan fingerprint density at radius 1 is 1.30 bits per heavy atom. The third-order valence-electron chi connectivity index (χ3n) is 3.45. The van der Waals surface area contributed by atoms with Crippen LogP contribution in [0.2, 0.25) is 0 Å². The van der Waals surface area contributed by atoms with Crippen LogP contribution < -0.4 is 15.4 Å². The van der Waals surface area contributed by atoms with E-state index >= 15 is 0 Å². The lowest BCUT2D eigenvalue weighted by atomic mass is 10.0. The highest BCUT2D eigenvalue weighted by Crippen LogP contribution is 2.20. The molecule has 1 aliphatic rings. The zero-order valence-electron chi connectivity index (χ0n) is 12.3. The molecule has 4 heteroatoms. The average Bonchev–Trinajstić information content (AvgIpc) is 3.27. The quantitative estimate of drug-likeness (QED) is 0.766. The van der Waals surface area contributed by atoms with Crippen LogP contribution in [0.3, 0.4) is 0 Å². The Morgan fingerprint density at radius 3 is 2.55 bits per heavy atom. The topological polar surface area (TPSA) is 50.4 Å². The zero-order chi connectivity index (χ0) is 14.4. The Labute approximate surface area is 120 Å². The Balaban J connectivity index is 1.82. The molecule has 0 saturated heterocycles. The Kier molecular flexibility index (Phi) is 5.41. The van der Waals surface area contributed by atoms with Crippen molar-refractivity contribution in [2.75, 3.05) is 13.2 Å². The first kappa shape index (κ1) is 14.9. The van der Waals surface area contributed by atoms with Crippen LogP contribution in [0.25, 0.3) is 0 Å². The molecule has 2 N–H and O–H groups in total. The highest BCUT2D eigenvalue weighted by atomic mass is 16.5. The number of nitrogens with one attached hydrogen (secondary N) is 2. The number of carbonyl (C=O) groups is 1. The van der Waals surface area contributed by atoms with E-state index in [4.69, 9.17) is 4.74 Å². The Bertz CT molecular complexity index is 427. The van der Waals surface area contributed by atoms with Gasteiger partial charge >= 0.3 is 0 Å². The summed E-state index contributed by atoms with van der Waals surface area (Å²) in [7, 11) is 0. The molecule has 1 aliphatic carbocycles. The summed E-state index contributed by atoms with van der Waals surface area (Å²) in [5.41, 5.74) is 1.25. The molecule has 1 saturated carbocycles. The van der Waals surface area contributed by atoms with Gasteiger partial charge in [0.25, 0.3) is 5.91 Å². The largest absolute Gasteiger partial charge is 0.484 e. The fourth-order valence-electron chi connectivity index (χ4n) is 2.19. The average molecular weight is 276 g/mol. The maximum Gasteiger partial charge on any atom is 0.258 e. The van der Waals surface area contributed by atoms with E-state index in [2.05, 4.69) is 36.6 Å². The molecule has 1 aromatic rings. The van der Waals surface area contributed by atoms with Crippen LogP contribution in [0.5, 0.6) is 5.75 Å². The fraction of sp³-hybridized carbons (Fsp3) is 0.562. The van der Waals surface area contributed by atoms with E-state index in [1.165, 1.54) is 5.56 Å². The van der Waals surface area contributed by atoms with Crippen molar-refractivity contribution < 1.29 is 9.53 Å². The number of rotatable bonds is 8. The molecule has 20 heavy (non-hydrogen) atoms. The van der Waals surface area contributed by atoms with E-state index in [-0.39, 0.29) is 12.5 Å². The predicted molar refractivity (Wildman–Crippen MR) is 79.8 cm³/mol. The van der Waals surface area contributed by atoms with Crippen molar-refractivity contribution in [3.05, 3.63) is 29.8 Å². The lowest BCUT2D eigenvalue weighted by molar-refractivity contribution is -0.123. The molecule has 1 amide bonds. The molecular weight excluding hydrogens is 252 g/mol. The minimum absolute atomic E-state index is 0.0318. The van der Waals surface area contributed by atoms with Crippen molar-refractivity contribution in [1.82, 2.24) is 10.6 Å². The van der Waals surface area contributed by atoms with Gasteiger partial charge in [-0.2, -0.15) is 0 Å². The molecule has 0 radical (unpaired) electrons. The summed E-state index contributed by atoms with van der Waals surface area (Å²) >= 11 is 0. The van der Waals surface area contributed by atoms with Crippen molar-refractivity contribution in [2.24, 2.45) is 0 Å². The van der Waals surface area contributed by atoms with E-state index in [1.54, 1.807) is 0 Å². The molecule has 1 unspecified atom stereocenters. The summed E-state index contributed by atoms with van der Waals surface area (Å²) in [6, 6.07) is 8.75. The highest BCUT2D eigenvalue weighted by Gasteiger charge is 2.23. The lowest BCUT2D eigenvalue weighted by Gasteiger charge is -2.16. The number of carbonyl (C=O) groups excluding carboxylic acids is 1. The van der Waals surface area contributed by atoms with Crippen LogP contribution in [0, 0.1) is 0 Å². The minimum Gasteiger partial charge on any atom is -0.484 e. The molecule has 4 nitrogen and oxygen atoms in total. The van der Waals surface area contributed by atoms with Crippen LogP contribution in [0.15, 0.2) is 24.3 Å². The standard InChI is InChI=1S/C16H24N2O2/c1-3-15(17-4-2)12-5-9-14(10-6-12)20-11-16(19)18-13-7-8-13/h5-6,9-10,13,15,17H,3-4,7-8,11H2,1-2H3,(H,18,19). The Hall–Kier alpha value is -1.55. The number of amides is 1. The molecule has 110 valence electrons. The summed E-state index contributed by atoms with van der Waals surface area (Å²) in [5, 5.41) is 6.35. The van der Waals surface area contributed by atoms with Gasteiger partial charge in [-0.1, -0.05) is 26.0 Å². The summed E-state index contributed by atoms with van der Waals surface area (Å²) in [4.78, 5) is 11.5. The van der Waals surface area contributed by atoms with Gasteiger partial charge in [-0.15, -0.1) is 0 Å². The van der Waals surface area contributed by atoms with Crippen molar-refractivity contribution in [3.8, 4) is 5.75 Å². The summed E-state index contributed by atoms with van der Waals surface area (Å²) in [5.74, 6) is 0.710. The molecule has 0 bridgehead atoms. The molecule has 0 aromatic heterocycles. The molecule has 1 aromatic carbocycles. The van der Waals surface area contributed by atoms with Crippen molar-refractivity contribution in [2.45, 2.75) is 45.2 Å². The van der Waals surface area contributed by atoms with Crippen molar-refractivity contribution >= 4 is 5.91 Å². The van der Waals surface area contributed by atoms with E-state index in [0.29, 0.717) is 12.1 Å². The van der Waals surface area contributed by atoms with E-state index in [9.17, 15) is 4.79 Å². The molecular formula is C16H24N2O2. The molecule has 0 spiro atoms.